The second-order valence-corrected chi connectivity index (χ2v) is 8.48. The van der Waals surface area contributed by atoms with E-state index in [0.29, 0.717) is 0 Å². The lowest BCUT2D eigenvalue weighted by molar-refractivity contribution is 0.00578. The zero-order valence-electron chi connectivity index (χ0n) is 17.5. The van der Waals surface area contributed by atoms with Crippen molar-refractivity contribution in [1.29, 1.82) is 0 Å². The Hall–Kier alpha value is -2.62. The Bertz CT molecular complexity index is 1120. The zero-order valence-corrected chi connectivity index (χ0v) is 17.5. The van der Waals surface area contributed by atoms with E-state index >= 15 is 0 Å². The average Bonchev–Trinajstić information content (AvgIpc) is 2.97. The molecule has 0 amide bonds. The SMILES string of the molecule is CC1(C)O[B]OC1(C)C.c1ccc(-c2ccc3cc4ccccc4cc3c2)cc1. The first kappa shape index (κ1) is 19.7. The first-order valence-corrected chi connectivity index (χ1v) is 10.0. The van der Waals surface area contributed by atoms with E-state index in [2.05, 4.69) is 84.9 Å². The maximum absolute atomic E-state index is 5.21. The van der Waals surface area contributed by atoms with Crippen molar-refractivity contribution < 1.29 is 9.31 Å². The smallest absolute Gasteiger partial charge is 0.405 e. The molecule has 1 radical (unpaired) electrons. The molecule has 145 valence electrons. The third kappa shape index (κ3) is 4.07. The molecular formula is C26H26BO2. The van der Waals surface area contributed by atoms with E-state index in [1.807, 2.05) is 27.7 Å². The summed E-state index contributed by atoms with van der Waals surface area (Å²) in [5.74, 6) is 0. The summed E-state index contributed by atoms with van der Waals surface area (Å²) >= 11 is 0. The Labute approximate surface area is 173 Å². The van der Waals surface area contributed by atoms with Gasteiger partial charge in [0.2, 0.25) is 0 Å². The number of fused-ring (bicyclic) bond motifs is 2. The largest absolute Gasteiger partial charge is 0.488 e. The summed E-state index contributed by atoms with van der Waals surface area (Å²) in [4.78, 5) is 0. The van der Waals surface area contributed by atoms with Gasteiger partial charge >= 0.3 is 7.69 Å². The van der Waals surface area contributed by atoms with Crippen LogP contribution in [0.4, 0.5) is 0 Å². The summed E-state index contributed by atoms with van der Waals surface area (Å²) in [6, 6.07) is 30.3. The van der Waals surface area contributed by atoms with Crippen molar-refractivity contribution in [1.82, 2.24) is 0 Å². The van der Waals surface area contributed by atoms with Crippen LogP contribution in [0, 0.1) is 0 Å². The normalized spacial score (nSPS) is 16.8. The van der Waals surface area contributed by atoms with Crippen LogP contribution in [0.2, 0.25) is 0 Å². The van der Waals surface area contributed by atoms with Crippen LogP contribution in [0.1, 0.15) is 27.7 Å². The Morgan fingerprint density at radius 1 is 0.517 bits per heavy atom. The van der Waals surface area contributed by atoms with Crippen molar-refractivity contribution in [2.75, 3.05) is 0 Å². The Kier molecular flexibility index (Phi) is 5.20. The van der Waals surface area contributed by atoms with Gasteiger partial charge in [-0.1, -0.05) is 66.7 Å². The van der Waals surface area contributed by atoms with Gasteiger partial charge in [-0.25, -0.2) is 0 Å². The zero-order chi connectivity index (χ0) is 20.5. The van der Waals surface area contributed by atoms with Crippen LogP contribution in [0.25, 0.3) is 32.7 Å². The highest BCUT2D eigenvalue weighted by Gasteiger charge is 2.44. The molecule has 0 spiro atoms. The molecule has 0 atom stereocenters. The quantitative estimate of drug-likeness (QED) is 0.267. The minimum absolute atomic E-state index is 0.187. The van der Waals surface area contributed by atoms with Gasteiger partial charge in [0.25, 0.3) is 0 Å². The van der Waals surface area contributed by atoms with Crippen molar-refractivity contribution in [2.24, 2.45) is 0 Å². The highest BCUT2D eigenvalue weighted by atomic mass is 16.7. The molecule has 3 heteroatoms. The lowest BCUT2D eigenvalue weighted by Gasteiger charge is -2.32. The number of hydrogen-bond acceptors (Lipinski definition) is 2. The van der Waals surface area contributed by atoms with Crippen LogP contribution in [0.3, 0.4) is 0 Å². The number of rotatable bonds is 1. The lowest BCUT2D eigenvalue weighted by atomic mass is 9.90. The van der Waals surface area contributed by atoms with Crippen LogP contribution < -0.4 is 0 Å². The van der Waals surface area contributed by atoms with Gasteiger partial charge in [0.05, 0.1) is 11.2 Å². The van der Waals surface area contributed by atoms with Crippen molar-refractivity contribution in [2.45, 2.75) is 38.9 Å². The molecule has 0 bridgehead atoms. The van der Waals surface area contributed by atoms with Gasteiger partial charge < -0.3 is 9.31 Å². The molecule has 0 aromatic heterocycles. The van der Waals surface area contributed by atoms with E-state index in [1.165, 1.54) is 40.4 Å². The van der Waals surface area contributed by atoms with Crippen LogP contribution in [0.5, 0.6) is 0 Å². The van der Waals surface area contributed by atoms with Crippen molar-refractivity contribution in [3.05, 3.63) is 84.9 Å². The van der Waals surface area contributed by atoms with E-state index in [0.717, 1.165) is 0 Å². The molecule has 5 rings (SSSR count). The van der Waals surface area contributed by atoms with E-state index in [-0.39, 0.29) is 11.2 Å². The van der Waals surface area contributed by atoms with Gasteiger partial charge in [-0.05, 0) is 78.6 Å². The van der Waals surface area contributed by atoms with E-state index in [9.17, 15) is 0 Å². The lowest BCUT2D eigenvalue weighted by Crippen LogP contribution is -2.41. The Morgan fingerprint density at radius 2 is 1.03 bits per heavy atom. The molecule has 4 aromatic carbocycles. The molecule has 1 fully saturated rings. The van der Waals surface area contributed by atoms with Crippen molar-refractivity contribution in [3.8, 4) is 11.1 Å². The van der Waals surface area contributed by atoms with Gasteiger partial charge in [-0.15, -0.1) is 0 Å². The van der Waals surface area contributed by atoms with Gasteiger partial charge in [0, 0.05) is 0 Å². The standard InChI is InChI=1S/C20H14.C6H12BO2/c1-2-6-15(7-3-1)18-10-11-19-12-16-8-4-5-9-17(16)13-20(19)14-18;1-5(2)6(3,4)9-7-8-5/h1-14H;1-4H3. The highest BCUT2D eigenvalue weighted by molar-refractivity contribution is 6.19. The molecule has 0 aliphatic carbocycles. The molecule has 29 heavy (non-hydrogen) atoms. The fourth-order valence-electron chi connectivity index (χ4n) is 3.30. The predicted molar refractivity (Wildman–Crippen MR) is 123 cm³/mol. The third-order valence-corrected chi connectivity index (χ3v) is 5.95. The fraction of sp³-hybridized carbons (Fsp3) is 0.231. The van der Waals surface area contributed by atoms with Crippen molar-refractivity contribution >= 4 is 29.2 Å². The van der Waals surface area contributed by atoms with E-state index in [4.69, 9.17) is 9.31 Å². The maximum atomic E-state index is 5.21. The molecule has 0 saturated carbocycles. The average molecular weight is 381 g/mol. The molecule has 1 heterocycles. The molecule has 2 nitrogen and oxygen atoms in total. The molecule has 1 aliphatic heterocycles. The summed E-state index contributed by atoms with van der Waals surface area (Å²) in [7, 11) is 1.42. The fourth-order valence-corrected chi connectivity index (χ4v) is 3.30. The van der Waals surface area contributed by atoms with Gasteiger partial charge in [-0.3, -0.25) is 0 Å². The Morgan fingerprint density at radius 3 is 1.59 bits per heavy atom. The van der Waals surface area contributed by atoms with E-state index in [1.54, 1.807) is 0 Å². The summed E-state index contributed by atoms with van der Waals surface area (Å²) in [6.45, 7) is 8.04. The van der Waals surface area contributed by atoms with Crippen LogP contribution >= 0.6 is 0 Å². The molecule has 0 N–H and O–H groups in total. The summed E-state index contributed by atoms with van der Waals surface area (Å²) in [5.41, 5.74) is 2.16. The van der Waals surface area contributed by atoms with Gasteiger partial charge in [0.1, 0.15) is 0 Å². The third-order valence-electron chi connectivity index (χ3n) is 5.95. The predicted octanol–water partition coefficient (Wildman–Crippen LogP) is 6.78. The van der Waals surface area contributed by atoms with Gasteiger partial charge in [0.15, 0.2) is 0 Å². The topological polar surface area (TPSA) is 18.5 Å². The van der Waals surface area contributed by atoms with Crippen molar-refractivity contribution in [3.63, 3.8) is 0 Å². The first-order valence-electron chi connectivity index (χ1n) is 10.0. The minimum Gasteiger partial charge on any atom is -0.405 e. The Balaban J connectivity index is 0.000000192. The molecular weight excluding hydrogens is 355 g/mol. The monoisotopic (exact) mass is 381 g/mol. The molecule has 1 aliphatic rings. The first-order chi connectivity index (χ1) is 13.9. The molecule has 4 aromatic rings. The minimum atomic E-state index is -0.188. The molecule has 1 saturated heterocycles. The number of hydrogen-bond donors (Lipinski definition) is 0. The highest BCUT2D eigenvalue weighted by Crippen LogP contribution is 2.33. The number of benzene rings is 4. The maximum Gasteiger partial charge on any atom is 0.488 e. The summed E-state index contributed by atoms with van der Waals surface area (Å²) < 4.78 is 10.4. The molecule has 0 unspecified atom stereocenters. The van der Waals surface area contributed by atoms with Gasteiger partial charge in [-0.2, -0.15) is 0 Å². The second-order valence-electron chi connectivity index (χ2n) is 8.48. The summed E-state index contributed by atoms with van der Waals surface area (Å²) in [6.07, 6.45) is 0. The second kappa shape index (κ2) is 7.66. The van der Waals surface area contributed by atoms with Crippen LogP contribution in [-0.4, -0.2) is 18.9 Å². The van der Waals surface area contributed by atoms with Crippen LogP contribution in [0.15, 0.2) is 84.9 Å². The van der Waals surface area contributed by atoms with E-state index < -0.39 is 0 Å². The summed E-state index contributed by atoms with van der Waals surface area (Å²) in [5, 5.41) is 5.19. The van der Waals surface area contributed by atoms with Crippen LogP contribution in [-0.2, 0) is 9.31 Å².